The minimum absolute atomic E-state index is 0.0308. The lowest BCUT2D eigenvalue weighted by atomic mass is 9.96. The molecule has 2 aliphatic rings. The highest BCUT2D eigenvalue weighted by Crippen LogP contribution is 2.47. The zero-order valence-corrected chi connectivity index (χ0v) is 17.8. The van der Waals surface area contributed by atoms with Crippen molar-refractivity contribution in [3.8, 4) is 17.2 Å². The van der Waals surface area contributed by atoms with Crippen molar-refractivity contribution in [2.75, 3.05) is 14.2 Å². The van der Waals surface area contributed by atoms with E-state index in [1.165, 1.54) is 6.07 Å². The molecule has 2 aliphatic heterocycles. The summed E-state index contributed by atoms with van der Waals surface area (Å²) in [6.07, 6.45) is 0.118. The highest BCUT2D eigenvalue weighted by Gasteiger charge is 2.41. The smallest absolute Gasteiger partial charge is 0.213 e. The second-order valence-corrected chi connectivity index (χ2v) is 7.81. The number of benzene rings is 3. The highest BCUT2D eigenvalue weighted by molar-refractivity contribution is 6.30. The van der Waals surface area contributed by atoms with Gasteiger partial charge in [-0.15, -0.1) is 0 Å². The van der Waals surface area contributed by atoms with Crippen molar-refractivity contribution in [2.24, 2.45) is 5.10 Å². The first-order valence-electron chi connectivity index (χ1n) is 9.88. The van der Waals surface area contributed by atoms with Crippen LogP contribution in [0.3, 0.4) is 0 Å². The quantitative estimate of drug-likeness (QED) is 0.521. The summed E-state index contributed by atoms with van der Waals surface area (Å²) in [7, 11) is 3.21. The fourth-order valence-electron chi connectivity index (χ4n) is 4.11. The summed E-state index contributed by atoms with van der Waals surface area (Å²) in [5.41, 5.74) is 3.53. The predicted molar refractivity (Wildman–Crippen MR) is 117 cm³/mol. The van der Waals surface area contributed by atoms with Gasteiger partial charge in [-0.25, -0.2) is 9.40 Å². The minimum Gasteiger partial charge on any atom is -0.493 e. The molecule has 3 aromatic rings. The number of nitrogens with zero attached hydrogens (tertiary/aromatic N) is 2. The zero-order chi connectivity index (χ0) is 21.5. The summed E-state index contributed by atoms with van der Waals surface area (Å²) in [5.74, 6) is 1.58. The van der Waals surface area contributed by atoms with Gasteiger partial charge in [0.1, 0.15) is 11.6 Å². The fraction of sp³-hybridized carbons (Fsp3) is 0.208. The Bertz CT molecular complexity index is 1180. The fourth-order valence-corrected chi connectivity index (χ4v) is 4.23. The number of hydrogen-bond acceptors (Lipinski definition) is 5. The zero-order valence-electron chi connectivity index (χ0n) is 17.0. The third kappa shape index (κ3) is 3.37. The Labute approximate surface area is 184 Å². The Morgan fingerprint density at radius 2 is 1.84 bits per heavy atom. The summed E-state index contributed by atoms with van der Waals surface area (Å²) in [4.78, 5) is 0. The molecule has 3 aromatic carbocycles. The van der Waals surface area contributed by atoms with Gasteiger partial charge >= 0.3 is 0 Å². The molecule has 0 aliphatic carbocycles. The van der Waals surface area contributed by atoms with Gasteiger partial charge in [-0.2, -0.15) is 5.10 Å². The second-order valence-electron chi connectivity index (χ2n) is 7.40. The lowest BCUT2D eigenvalue weighted by Crippen LogP contribution is -2.33. The highest BCUT2D eigenvalue weighted by atomic mass is 35.5. The van der Waals surface area contributed by atoms with E-state index in [0.29, 0.717) is 23.5 Å². The molecule has 2 atom stereocenters. The number of hydrazone groups is 1. The molecule has 0 radical (unpaired) electrons. The summed E-state index contributed by atoms with van der Waals surface area (Å²) in [6, 6.07) is 18.3. The van der Waals surface area contributed by atoms with E-state index in [4.69, 9.17) is 30.9 Å². The maximum Gasteiger partial charge on any atom is 0.213 e. The molecule has 0 saturated heterocycles. The van der Waals surface area contributed by atoms with Crippen molar-refractivity contribution in [3.05, 3.63) is 88.2 Å². The van der Waals surface area contributed by atoms with E-state index in [2.05, 4.69) is 0 Å². The van der Waals surface area contributed by atoms with Gasteiger partial charge in [0, 0.05) is 23.1 Å². The van der Waals surface area contributed by atoms with E-state index in [-0.39, 0.29) is 11.1 Å². The van der Waals surface area contributed by atoms with E-state index in [1.807, 2.05) is 47.5 Å². The normalized spacial score (nSPS) is 19.2. The predicted octanol–water partition coefficient (Wildman–Crippen LogP) is 5.74. The van der Waals surface area contributed by atoms with Crippen LogP contribution in [0.5, 0.6) is 17.2 Å². The standard InChI is InChI=1S/C24H20ClFN2O3/c1-29-22-10-8-14(12-23(22)30-2)19-13-20-16-5-3-4-6-21(16)31-24(28(20)27-19)15-7-9-17(25)18(26)11-15/h3-12,20,24H,13H2,1-2H3/t20-,24-/m0/s1. The Morgan fingerprint density at radius 1 is 1.03 bits per heavy atom. The topological polar surface area (TPSA) is 43.3 Å². The van der Waals surface area contributed by atoms with Crippen LogP contribution >= 0.6 is 11.6 Å². The van der Waals surface area contributed by atoms with Crippen LogP contribution in [-0.2, 0) is 0 Å². The molecule has 0 saturated carbocycles. The summed E-state index contributed by atoms with van der Waals surface area (Å²) < 4.78 is 31.3. The van der Waals surface area contributed by atoms with Crippen LogP contribution in [0.15, 0.2) is 65.8 Å². The van der Waals surface area contributed by atoms with Crippen molar-refractivity contribution in [1.29, 1.82) is 0 Å². The van der Waals surface area contributed by atoms with E-state index in [1.54, 1.807) is 26.4 Å². The molecule has 2 heterocycles. The molecule has 0 amide bonds. The van der Waals surface area contributed by atoms with E-state index < -0.39 is 12.0 Å². The van der Waals surface area contributed by atoms with Crippen molar-refractivity contribution >= 4 is 17.3 Å². The van der Waals surface area contributed by atoms with Gasteiger partial charge in [0.25, 0.3) is 0 Å². The molecule has 0 aromatic heterocycles. The second kappa shape index (κ2) is 7.78. The van der Waals surface area contributed by atoms with E-state index in [9.17, 15) is 4.39 Å². The third-order valence-corrected chi connectivity index (χ3v) is 5.95. The Morgan fingerprint density at radius 3 is 2.61 bits per heavy atom. The number of halogens is 2. The molecule has 0 fully saturated rings. The van der Waals surface area contributed by atoms with Crippen LogP contribution in [0.25, 0.3) is 0 Å². The number of fused-ring (bicyclic) bond motifs is 3. The molecule has 5 nitrogen and oxygen atoms in total. The van der Waals surface area contributed by atoms with Crippen LogP contribution in [-0.4, -0.2) is 24.9 Å². The average Bonchev–Trinajstić information content (AvgIpc) is 3.25. The van der Waals surface area contributed by atoms with Gasteiger partial charge in [-0.1, -0.05) is 35.9 Å². The van der Waals surface area contributed by atoms with Crippen LogP contribution in [0.2, 0.25) is 5.02 Å². The van der Waals surface area contributed by atoms with Crippen molar-refractivity contribution in [1.82, 2.24) is 5.01 Å². The van der Waals surface area contributed by atoms with Crippen molar-refractivity contribution in [3.63, 3.8) is 0 Å². The lowest BCUT2D eigenvalue weighted by Gasteiger charge is -2.38. The number of rotatable bonds is 4. The largest absolute Gasteiger partial charge is 0.493 e. The summed E-state index contributed by atoms with van der Waals surface area (Å²) in [6.45, 7) is 0. The number of hydrogen-bond donors (Lipinski definition) is 0. The van der Waals surface area contributed by atoms with Gasteiger partial charge in [-0.3, -0.25) is 0 Å². The molecule has 0 N–H and O–H groups in total. The number of para-hydroxylation sites is 1. The first-order chi connectivity index (χ1) is 15.1. The van der Waals surface area contributed by atoms with Gasteiger partial charge in [0.15, 0.2) is 11.5 Å². The Kier molecular flexibility index (Phi) is 4.94. The Hall–Kier alpha value is -3.25. The molecular weight excluding hydrogens is 419 g/mol. The van der Waals surface area contributed by atoms with Crippen LogP contribution in [0.1, 0.15) is 35.4 Å². The van der Waals surface area contributed by atoms with Gasteiger partial charge < -0.3 is 14.2 Å². The molecule has 0 spiro atoms. The first-order valence-corrected chi connectivity index (χ1v) is 10.3. The third-order valence-electron chi connectivity index (χ3n) is 5.64. The van der Waals surface area contributed by atoms with Crippen LogP contribution in [0, 0.1) is 5.82 Å². The van der Waals surface area contributed by atoms with Crippen molar-refractivity contribution in [2.45, 2.75) is 18.7 Å². The molecule has 5 rings (SSSR count). The monoisotopic (exact) mass is 438 g/mol. The number of ether oxygens (including phenoxy) is 3. The molecule has 0 bridgehead atoms. The lowest BCUT2D eigenvalue weighted by molar-refractivity contribution is -0.0192. The molecule has 31 heavy (non-hydrogen) atoms. The SMILES string of the molecule is COc1ccc(C2=NN3[C@@H](C2)c2ccccc2O[C@H]3c2ccc(Cl)c(F)c2)cc1OC. The maximum atomic E-state index is 14.2. The minimum atomic E-state index is -0.565. The average molecular weight is 439 g/mol. The van der Waals surface area contributed by atoms with Gasteiger partial charge in [-0.05, 0) is 36.4 Å². The van der Waals surface area contributed by atoms with Gasteiger partial charge in [0.2, 0.25) is 6.23 Å². The number of methoxy groups -OCH3 is 2. The van der Waals surface area contributed by atoms with E-state index >= 15 is 0 Å². The van der Waals surface area contributed by atoms with Crippen LogP contribution in [0.4, 0.5) is 4.39 Å². The maximum absolute atomic E-state index is 14.2. The molecule has 7 heteroatoms. The summed E-state index contributed by atoms with van der Waals surface area (Å²) >= 11 is 5.89. The van der Waals surface area contributed by atoms with Crippen LogP contribution < -0.4 is 14.2 Å². The van der Waals surface area contributed by atoms with Gasteiger partial charge in [0.05, 0.1) is 31.0 Å². The summed E-state index contributed by atoms with van der Waals surface area (Å²) in [5, 5.41) is 6.87. The molecule has 158 valence electrons. The molecular formula is C24H20ClFN2O3. The molecule has 0 unspecified atom stereocenters. The first kappa shape index (κ1) is 19.7. The Balaban J connectivity index is 1.58. The van der Waals surface area contributed by atoms with Crippen molar-refractivity contribution < 1.29 is 18.6 Å². The van der Waals surface area contributed by atoms with E-state index in [0.717, 1.165) is 22.6 Å².